The van der Waals surface area contributed by atoms with Gasteiger partial charge in [0, 0.05) is 0 Å². The van der Waals surface area contributed by atoms with Gasteiger partial charge in [-0.1, -0.05) is 52.3 Å². The van der Waals surface area contributed by atoms with Crippen LogP contribution in [0.5, 0.6) is 0 Å². The van der Waals surface area contributed by atoms with Crippen molar-refractivity contribution < 1.29 is 10.2 Å². The van der Waals surface area contributed by atoms with E-state index < -0.39 is 0 Å². The van der Waals surface area contributed by atoms with E-state index in [1.807, 2.05) is 0 Å². The van der Waals surface area contributed by atoms with E-state index in [4.69, 9.17) is 0 Å². The minimum absolute atomic E-state index is 0.155. The van der Waals surface area contributed by atoms with Crippen LogP contribution in [0.4, 0.5) is 0 Å². The lowest BCUT2D eigenvalue weighted by Crippen LogP contribution is -2.52. The summed E-state index contributed by atoms with van der Waals surface area (Å²) in [6, 6.07) is 0. The molecule has 2 nitrogen and oxygen atoms in total. The van der Waals surface area contributed by atoms with Crippen molar-refractivity contribution in [2.24, 2.45) is 40.4 Å². The molecule has 0 heterocycles. The van der Waals surface area contributed by atoms with Gasteiger partial charge in [0.05, 0.1) is 12.2 Å². The fourth-order valence-electron chi connectivity index (χ4n) is 8.03. The molecule has 0 aromatic carbocycles. The SMILES string of the molecule is CC(C)C/C=C/[C@@H](C)[C@H]1CCC2=C3[C@H](O)C[C@H]4C[C@@H](O)CC[C@]4(C)[C@H]3CC[C@@]21C. The van der Waals surface area contributed by atoms with E-state index in [1.54, 1.807) is 5.57 Å². The Morgan fingerprint density at radius 2 is 1.79 bits per heavy atom. The molecule has 29 heavy (non-hydrogen) atoms. The highest BCUT2D eigenvalue weighted by molar-refractivity contribution is 5.37. The Balaban J connectivity index is 1.62. The molecule has 0 aliphatic heterocycles. The highest BCUT2D eigenvalue weighted by Gasteiger charge is 2.57. The Bertz CT molecular complexity index is 676. The molecule has 3 fully saturated rings. The Morgan fingerprint density at radius 3 is 2.52 bits per heavy atom. The molecule has 0 unspecified atom stereocenters. The van der Waals surface area contributed by atoms with Crippen LogP contribution in [0.15, 0.2) is 23.3 Å². The average molecular weight is 401 g/mol. The first-order valence-electron chi connectivity index (χ1n) is 12.4. The van der Waals surface area contributed by atoms with Gasteiger partial charge in [0.2, 0.25) is 0 Å². The summed E-state index contributed by atoms with van der Waals surface area (Å²) < 4.78 is 0. The second-order valence-electron chi connectivity index (χ2n) is 11.9. The zero-order valence-electron chi connectivity index (χ0n) is 19.5. The van der Waals surface area contributed by atoms with Crippen LogP contribution in [-0.2, 0) is 0 Å². The van der Waals surface area contributed by atoms with Crippen molar-refractivity contribution in [3.8, 4) is 0 Å². The lowest BCUT2D eigenvalue weighted by Gasteiger charge is -2.58. The molecule has 0 amide bonds. The zero-order chi connectivity index (χ0) is 21.0. The van der Waals surface area contributed by atoms with Crippen LogP contribution >= 0.6 is 0 Å². The van der Waals surface area contributed by atoms with Crippen molar-refractivity contribution in [3.63, 3.8) is 0 Å². The van der Waals surface area contributed by atoms with Crippen molar-refractivity contribution in [2.75, 3.05) is 0 Å². The lowest BCUT2D eigenvalue weighted by atomic mass is 9.48. The summed E-state index contributed by atoms with van der Waals surface area (Å²) in [6.45, 7) is 12.0. The standard InChI is InChI=1S/C27H44O2/c1-17(2)7-6-8-18(3)21-9-10-22-25-23(12-14-27(21,22)5)26(4)13-11-20(28)15-19(26)16-24(25)29/h6,8,17-21,23-24,28-29H,7,9-16H2,1-5H3/b8-6+/t18-,19-,20+,21-,23+,24-,26+,27-/m1/s1. The first-order chi connectivity index (χ1) is 13.7. The van der Waals surface area contributed by atoms with Crippen LogP contribution in [0.2, 0.25) is 0 Å². The molecule has 0 saturated heterocycles. The van der Waals surface area contributed by atoms with Gasteiger partial charge in [0.15, 0.2) is 0 Å². The number of hydrogen-bond donors (Lipinski definition) is 2. The van der Waals surface area contributed by atoms with E-state index in [1.165, 1.54) is 37.7 Å². The number of fused-ring (bicyclic) bond motifs is 4. The molecule has 0 aromatic heterocycles. The van der Waals surface area contributed by atoms with Crippen molar-refractivity contribution in [2.45, 2.75) is 105 Å². The summed E-state index contributed by atoms with van der Waals surface area (Å²) in [4.78, 5) is 0. The maximum atomic E-state index is 11.3. The van der Waals surface area contributed by atoms with E-state index >= 15 is 0 Å². The molecule has 4 rings (SSSR count). The predicted molar refractivity (Wildman–Crippen MR) is 120 cm³/mol. The summed E-state index contributed by atoms with van der Waals surface area (Å²) >= 11 is 0. The van der Waals surface area contributed by atoms with Crippen LogP contribution in [-0.4, -0.2) is 22.4 Å². The van der Waals surface area contributed by atoms with Gasteiger partial charge in [-0.05, 0) is 104 Å². The van der Waals surface area contributed by atoms with Crippen molar-refractivity contribution in [1.29, 1.82) is 0 Å². The quantitative estimate of drug-likeness (QED) is 0.545. The minimum atomic E-state index is -0.275. The zero-order valence-corrected chi connectivity index (χ0v) is 19.5. The van der Waals surface area contributed by atoms with Gasteiger partial charge >= 0.3 is 0 Å². The number of aliphatic hydroxyl groups is 2. The van der Waals surface area contributed by atoms with Gasteiger partial charge in [-0.3, -0.25) is 0 Å². The Kier molecular flexibility index (Phi) is 5.84. The third-order valence-corrected chi connectivity index (χ3v) is 9.74. The third-order valence-electron chi connectivity index (χ3n) is 9.74. The average Bonchev–Trinajstić information content (AvgIpc) is 3.00. The molecule has 2 N–H and O–H groups in total. The molecule has 4 aliphatic rings. The molecule has 164 valence electrons. The molecule has 0 spiro atoms. The Hall–Kier alpha value is -0.600. The van der Waals surface area contributed by atoms with Crippen LogP contribution < -0.4 is 0 Å². The number of aliphatic hydroxyl groups excluding tert-OH is 2. The molecule has 0 aromatic rings. The van der Waals surface area contributed by atoms with Gasteiger partial charge in [0.25, 0.3) is 0 Å². The van der Waals surface area contributed by atoms with E-state index in [0.717, 1.165) is 31.6 Å². The normalized spacial score (nSPS) is 46.0. The summed E-state index contributed by atoms with van der Waals surface area (Å²) in [6.07, 6.45) is 14.4. The van der Waals surface area contributed by atoms with Crippen molar-refractivity contribution in [3.05, 3.63) is 23.3 Å². The first kappa shape index (κ1) is 21.6. The monoisotopic (exact) mass is 400 g/mol. The molecule has 8 atom stereocenters. The molecule has 0 bridgehead atoms. The van der Waals surface area contributed by atoms with Crippen molar-refractivity contribution >= 4 is 0 Å². The van der Waals surface area contributed by atoms with Crippen molar-refractivity contribution in [1.82, 2.24) is 0 Å². The van der Waals surface area contributed by atoms with Crippen LogP contribution in [0, 0.1) is 40.4 Å². The maximum absolute atomic E-state index is 11.3. The summed E-state index contributed by atoms with van der Waals surface area (Å²) in [5.74, 6) is 3.07. The maximum Gasteiger partial charge on any atom is 0.0758 e. The Morgan fingerprint density at radius 1 is 1.03 bits per heavy atom. The van der Waals surface area contributed by atoms with Gasteiger partial charge in [-0.2, -0.15) is 0 Å². The third kappa shape index (κ3) is 3.57. The van der Waals surface area contributed by atoms with Gasteiger partial charge in [-0.25, -0.2) is 0 Å². The number of allylic oxidation sites excluding steroid dienone is 3. The number of hydrogen-bond acceptors (Lipinski definition) is 2. The van der Waals surface area contributed by atoms with Gasteiger partial charge in [0.1, 0.15) is 0 Å². The smallest absolute Gasteiger partial charge is 0.0758 e. The van der Waals surface area contributed by atoms with Gasteiger partial charge < -0.3 is 10.2 Å². The highest BCUT2D eigenvalue weighted by atomic mass is 16.3. The summed E-state index contributed by atoms with van der Waals surface area (Å²) in [5.41, 5.74) is 3.64. The van der Waals surface area contributed by atoms with Crippen LogP contribution in [0.25, 0.3) is 0 Å². The van der Waals surface area contributed by atoms with E-state index in [-0.39, 0.29) is 23.0 Å². The molecular weight excluding hydrogens is 356 g/mol. The van der Waals surface area contributed by atoms with Gasteiger partial charge in [-0.15, -0.1) is 0 Å². The lowest BCUT2D eigenvalue weighted by molar-refractivity contribution is -0.0661. The largest absolute Gasteiger partial charge is 0.393 e. The second-order valence-corrected chi connectivity index (χ2v) is 11.9. The fourth-order valence-corrected chi connectivity index (χ4v) is 8.03. The minimum Gasteiger partial charge on any atom is -0.393 e. The van der Waals surface area contributed by atoms with Crippen LogP contribution in [0.1, 0.15) is 92.4 Å². The van der Waals surface area contributed by atoms with E-state index in [0.29, 0.717) is 23.7 Å². The molecule has 2 heteroatoms. The highest BCUT2D eigenvalue weighted by Crippen LogP contribution is 2.65. The molecular formula is C27H44O2. The summed E-state index contributed by atoms with van der Waals surface area (Å²) in [7, 11) is 0. The number of rotatable bonds is 4. The predicted octanol–water partition coefficient (Wildman–Crippen LogP) is 6.28. The van der Waals surface area contributed by atoms with E-state index in [2.05, 4.69) is 46.8 Å². The molecule has 0 radical (unpaired) electrons. The van der Waals surface area contributed by atoms with E-state index in [9.17, 15) is 10.2 Å². The fraction of sp³-hybridized carbons (Fsp3) is 0.852. The molecule has 3 saturated carbocycles. The topological polar surface area (TPSA) is 40.5 Å². The molecule has 4 aliphatic carbocycles. The first-order valence-corrected chi connectivity index (χ1v) is 12.4. The Labute approximate surface area is 178 Å². The summed E-state index contributed by atoms with van der Waals surface area (Å²) in [5, 5.41) is 21.5. The van der Waals surface area contributed by atoms with Crippen LogP contribution in [0.3, 0.4) is 0 Å². The second kappa shape index (κ2) is 7.83.